The van der Waals surface area contributed by atoms with Crippen LogP contribution in [0.4, 0.5) is 13.2 Å². The topological polar surface area (TPSA) is 26.0 Å². The van der Waals surface area contributed by atoms with Gasteiger partial charge in [-0.25, -0.2) is 13.2 Å². The van der Waals surface area contributed by atoms with Crippen molar-refractivity contribution in [3.05, 3.63) is 33.6 Å². The molecular formula is C9H9BrF3N. The fourth-order valence-corrected chi connectivity index (χ4v) is 1.38. The third-order valence-electron chi connectivity index (χ3n) is 1.83. The van der Waals surface area contributed by atoms with E-state index in [1.807, 2.05) is 0 Å². The molecule has 1 aromatic carbocycles. The van der Waals surface area contributed by atoms with Gasteiger partial charge >= 0.3 is 0 Å². The molecule has 0 atom stereocenters. The van der Waals surface area contributed by atoms with Gasteiger partial charge in [-0.1, -0.05) is 0 Å². The summed E-state index contributed by atoms with van der Waals surface area (Å²) < 4.78 is 38.6. The van der Waals surface area contributed by atoms with E-state index in [4.69, 9.17) is 5.73 Å². The van der Waals surface area contributed by atoms with Crippen LogP contribution in [0.3, 0.4) is 0 Å². The van der Waals surface area contributed by atoms with E-state index in [1.54, 1.807) is 0 Å². The highest BCUT2D eigenvalue weighted by Crippen LogP contribution is 2.25. The Kier molecular flexibility index (Phi) is 3.95. The average Bonchev–Trinajstić information content (AvgIpc) is 2.18. The molecular weight excluding hydrogens is 259 g/mol. The molecule has 0 bridgehead atoms. The van der Waals surface area contributed by atoms with E-state index < -0.39 is 21.9 Å². The van der Waals surface area contributed by atoms with E-state index >= 15 is 0 Å². The molecule has 0 spiro atoms. The molecule has 0 amide bonds. The summed E-state index contributed by atoms with van der Waals surface area (Å²) in [6.07, 6.45) is 0.737. The van der Waals surface area contributed by atoms with Crippen LogP contribution in [-0.4, -0.2) is 6.54 Å². The van der Waals surface area contributed by atoms with Crippen LogP contribution in [0.1, 0.15) is 12.0 Å². The first kappa shape index (κ1) is 11.5. The Balaban J connectivity index is 3.06. The van der Waals surface area contributed by atoms with Gasteiger partial charge in [0.25, 0.3) is 0 Å². The standard InChI is InChI=1S/C9H9BrF3N/c10-7-6(11)4-5(2-1-3-14)8(12)9(7)13/h4H,1-3,14H2. The smallest absolute Gasteiger partial charge is 0.176 e. The van der Waals surface area contributed by atoms with Crippen molar-refractivity contribution >= 4 is 15.9 Å². The van der Waals surface area contributed by atoms with Gasteiger partial charge in [0.1, 0.15) is 5.82 Å². The molecule has 0 fully saturated rings. The minimum Gasteiger partial charge on any atom is -0.330 e. The molecule has 14 heavy (non-hydrogen) atoms. The maximum Gasteiger partial charge on any atom is 0.176 e. The third-order valence-corrected chi connectivity index (χ3v) is 2.56. The summed E-state index contributed by atoms with van der Waals surface area (Å²) in [6, 6.07) is 0.984. The van der Waals surface area contributed by atoms with Crippen LogP contribution in [0.5, 0.6) is 0 Å². The van der Waals surface area contributed by atoms with Gasteiger partial charge in [-0.3, -0.25) is 0 Å². The number of rotatable bonds is 3. The molecule has 0 radical (unpaired) electrons. The summed E-state index contributed by atoms with van der Waals surface area (Å²) in [7, 11) is 0. The second-order valence-corrected chi connectivity index (χ2v) is 3.64. The number of aryl methyl sites for hydroxylation is 1. The summed E-state index contributed by atoms with van der Waals surface area (Å²) in [5, 5.41) is 0. The first-order chi connectivity index (χ1) is 6.57. The second kappa shape index (κ2) is 4.79. The number of hydrogen-bond acceptors (Lipinski definition) is 1. The van der Waals surface area contributed by atoms with Gasteiger partial charge < -0.3 is 5.73 Å². The van der Waals surface area contributed by atoms with E-state index in [2.05, 4.69) is 15.9 Å². The van der Waals surface area contributed by atoms with Crippen LogP contribution in [0.2, 0.25) is 0 Å². The molecule has 1 aromatic rings. The maximum absolute atomic E-state index is 13.2. The van der Waals surface area contributed by atoms with Crippen LogP contribution in [0, 0.1) is 17.5 Å². The van der Waals surface area contributed by atoms with Crippen LogP contribution in [-0.2, 0) is 6.42 Å². The fourth-order valence-electron chi connectivity index (χ4n) is 1.10. The predicted octanol–water partition coefficient (Wildman–Crippen LogP) is 2.76. The highest BCUT2D eigenvalue weighted by atomic mass is 79.9. The summed E-state index contributed by atoms with van der Waals surface area (Å²) in [5.74, 6) is -2.99. The quantitative estimate of drug-likeness (QED) is 0.662. The lowest BCUT2D eigenvalue weighted by atomic mass is 10.1. The Labute approximate surface area is 88.2 Å². The molecule has 0 aliphatic heterocycles. The Bertz CT molecular complexity index is 341. The van der Waals surface area contributed by atoms with Crippen molar-refractivity contribution in [2.45, 2.75) is 12.8 Å². The van der Waals surface area contributed by atoms with Crippen molar-refractivity contribution in [1.29, 1.82) is 0 Å². The fraction of sp³-hybridized carbons (Fsp3) is 0.333. The zero-order valence-electron chi connectivity index (χ0n) is 7.29. The minimum atomic E-state index is -1.18. The van der Waals surface area contributed by atoms with E-state index in [9.17, 15) is 13.2 Å². The zero-order chi connectivity index (χ0) is 10.7. The largest absolute Gasteiger partial charge is 0.330 e. The van der Waals surface area contributed by atoms with Crippen LogP contribution in [0.25, 0.3) is 0 Å². The highest BCUT2D eigenvalue weighted by molar-refractivity contribution is 9.10. The van der Waals surface area contributed by atoms with Gasteiger partial charge in [0.2, 0.25) is 0 Å². The molecule has 1 rings (SSSR count). The first-order valence-electron chi connectivity index (χ1n) is 4.10. The van der Waals surface area contributed by atoms with Gasteiger partial charge in [-0.2, -0.15) is 0 Å². The summed E-state index contributed by atoms with van der Waals surface area (Å²) >= 11 is 2.62. The molecule has 2 N–H and O–H groups in total. The molecule has 0 aromatic heterocycles. The van der Waals surface area contributed by atoms with Crippen molar-refractivity contribution in [1.82, 2.24) is 0 Å². The molecule has 0 aliphatic rings. The van der Waals surface area contributed by atoms with Gasteiger partial charge in [-0.05, 0) is 46.9 Å². The lowest BCUT2D eigenvalue weighted by molar-refractivity contribution is 0.477. The molecule has 0 unspecified atom stereocenters. The van der Waals surface area contributed by atoms with E-state index in [0.717, 1.165) is 6.07 Å². The van der Waals surface area contributed by atoms with Gasteiger partial charge in [0.05, 0.1) is 4.47 Å². The van der Waals surface area contributed by atoms with Crippen LogP contribution >= 0.6 is 15.9 Å². The number of benzene rings is 1. The molecule has 5 heteroatoms. The van der Waals surface area contributed by atoms with Crippen molar-refractivity contribution in [3.63, 3.8) is 0 Å². The Morgan fingerprint density at radius 1 is 1.21 bits per heavy atom. The molecule has 0 saturated heterocycles. The average molecular weight is 268 g/mol. The lowest BCUT2D eigenvalue weighted by Gasteiger charge is -2.05. The van der Waals surface area contributed by atoms with Gasteiger partial charge in [-0.15, -0.1) is 0 Å². The van der Waals surface area contributed by atoms with Crippen molar-refractivity contribution in [2.24, 2.45) is 5.73 Å². The van der Waals surface area contributed by atoms with E-state index in [0.29, 0.717) is 13.0 Å². The second-order valence-electron chi connectivity index (χ2n) is 2.85. The van der Waals surface area contributed by atoms with Crippen molar-refractivity contribution in [3.8, 4) is 0 Å². The maximum atomic E-state index is 13.2. The number of nitrogens with two attached hydrogens (primary N) is 1. The minimum absolute atomic E-state index is 0.0219. The van der Waals surface area contributed by atoms with Crippen molar-refractivity contribution < 1.29 is 13.2 Å². The summed E-state index contributed by atoms with van der Waals surface area (Å²) in [4.78, 5) is 0. The van der Waals surface area contributed by atoms with Crippen LogP contribution in [0.15, 0.2) is 10.5 Å². The zero-order valence-corrected chi connectivity index (χ0v) is 8.87. The Hall–Kier alpha value is -0.550. The SMILES string of the molecule is NCCCc1cc(F)c(Br)c(F)c1F. The number of halogens is 4. The first-order valence-corrected chi connectivity index (χ1v) is 4.89. The number of hydrogen-bond donors (Lipinski definition) is 1. The molecule has 0 heterocycles. The third kappa shape index (κ3) is 2.27. The van der Waals surface area contributed by atoms with Crippen molar-refractivity contribution in [2.75, 3.05) is 6.54 Å². The molecule has 0 saturated carbocycles. The summed E-state index contributed by atoms with van der Waals surface area (Å²) in [6.45, 7) is 0.360. The van der Waals surface area contributed by atoms with Gasteiger partial charge in [0, 0.05) is 0 Å². The van der Waals surface area contributed by atoms with Crippen LogP contribution < -0.4 is 5.73 Å². The van der Waals surface area contributed by atoms with Gasteiger partial charge in [0.15, 0.2) is 11.6 Å². The van der Waals surface area contributed by atoms with E-state index in [1.165, 1.54) is 0 Å². The summed E-state index contributed by atoms with van der Waals surface area (Å²) in [5.41, 5.74) is 5.24. The molecule has 0 aliphatic carbocycles. The molecule has 1 nitrogen and oxygen atoms in total. The predicted molar refractivity (Wildman–Crippen MR) is 51.4 cm³/mol. The van der Waals surface area contributed by atoms with E-state index in [-0.39, 0.29) is 12.0 Å². The molecule has 78 valence electrons. The highest BCUT2D eigenvalue weighted by Gasteiger charge is 2.16. The lowest BCUT2D eigenvalue weighted by Crippen LogP contribution is -2.04. The Morgan fingerprint density at radius 3 is 2.43 bits per heavy atom. The Morgan fingerprint density at radius 2 is 1.86 bits per heavy atom. The normalized spacial score (nSPS) is 10.6. The monoisotopic (exact) mass is 267 g/mol.